The van der Waals surface area contributed by atoms with E-state index in [0.29, 0.717) is 0 Å². The fourth-order valence-corrected chi connectivity index (χ4v) is 5.72. The molecule has 0 amide bonds. The lowest BCUT2D eigenvalue weighted by molar-refractivity contribution is -0.247. The van der Waals surface area contributed by atoms with Crippen LogP contribution < -0.4 is 5.73 Å². The van der Waals surface area contributed by atoms with E-state index < -0.39 is 89.2 Å². The number of benzene rings is 2. The van der Waals surface area contributed by atoms with Crippen molar-refractivity contribution >= 4 is 17.3 Å². The van der Waals surface area contributed by atoms with E-state index >= 15 is 0 Å². The third-order valence-corrected chi connectivity index (χ3v) is 7.87. The maximum absolute atomic E-state index is 13.6. The molecule has 1 heterocycles. The Morgan fingerprint density at radius 1 is 1.16 bits per heavy atom. The Hall–Kier alpha value is -3.19. The molecule has 1 unspecified atom stereocenters. The molecule has 2 aromatic carbocycles. The first kappa shape index (κ1) is 26.4. The van der Waals surface area contributed by atoms with Crippen LogP contribution in [-0.4, -0.2) is 73.0 Å². The molecule has 0 bridgehead atoms. The highest BCUT2D eigenvalue weighted by molar-refractivity contribution is 6.31. The second kappa shape index (κ2) is 9.23. The van der Waals surface area contributed by atoms with Crippen LogP contribution in [0.3, 0.4) is 0 Å². The van der Waals surface area contributed by atoms with Gasteiger partial charge in [0.15, 0.2) is 23.6 Å². The summed E-state index contributed by atoms with van der Waals surface area (Å²) < 4.78 is 11.8. The highest BCUT2D eigenvalue weighted by Gasteiger charge is 2.49. The summed E-state index contributed by atoms with van der Waals surface area (Å²) in [5, 5.41) is 53.8. The monoisotopic (exact) mass is 527 g/mol. The Labute approximate surface area is 217 Å². The van der Waals surface area contributed by atoms with E-state index in [9.17, 15) is 39.9 Å². The molecule has 0 saturated carbocycles. The molecule has 5 rings (SSSR count). The summed E-state index contributed by atoms with van der Waals surface area (Å²) in [6.45, 7) is 2.24. The van der Waals surface area contributed by atoms with Gasteiger partial charge in [-0.3, -0.25) is 14.4 Å². The largest absolute Gasteiger partial charge is 0.507 e. The molecular formula is C27H29NO10. The quantitative estimate of drug-likeness (QED) is 0.259. The van der Waals surface area contributed by atoms with E-state index in [1.54, 1.807) is 6.92 Å². The van der Waals surface area contributed by atoms with E-state index in [2.05, 4.69) is 0 Å². The lowest BCUT2D eigenvalue weighted by Gasteiger charge is -2.42. The van der Waals surface area contributed by atoms with Crippen molar-refractivity contribution in [3.05, 3.63) is 57.1 Å². The van der Waals surface area contributed by atoms with Crippen molar-refractivity contribution in [2.75, 3.05) is 0 Å². The Morgan fingerprint density at radius 2 is 1.84 bits per heavy atom. The molecule has 1 fully saturated rings. The van der Waals surface area contributed by atoms with Crippen molar-refractivity contribution in [1.82, 2.24) is 0 Å². The number of Topliss-reactive ketones (excluding diaryl/α,β-unsaturated/α-hetero) is 1. The first-order chi connectivity index (χ1) is 17.9. The van der Waals surface area contributed by atoms with Crippen LogP contribution in [0.5, 0.6) is 11.5 Å². The van der Waals surface area contributed by atoms with Crippen LogP contribution in [0.25, 0.3) is 0 Å². The minimum atomic E-state index is -2.01. The van der Waals surface area contributed by atoms with Crippen molar-refractivity contribution in [3.8, 4) is 11.5 Å². The van der Waals surface area contributed by atoms with Gasteiger partial charge in [-0.05, 0) is 19.4 Å². The van der Waals surface area contributed by atoms with Crippen LogP contribution in [0.15, 0.2) is 18.2 Å². The fraction of sp³-hybridized carbons (Fsp3) is 0.444. The number of aliphatic hydroxyl groups excluding tert-OH is 2. The average molecular weight is 528 g/mol. The molecule has 1 aliphatic heterocycles. The highest BCUT2D eigenvalue weighted by Crippen LogP contribution is 2.52. The zero-order chi connectivity index (χ0) is 27.7. The molecule has 202 valence electrons. The highest BCUT2D eigenvalue weighted by atomic mass is 16.7. The van der Waals surface area contributed by atoms with Gasteiger partial charge in [0.1, 0.15) is 17.1 Å². The van der Waals surface area contributed by atoms with Crippen molar-refractivity contribution in [1.29, 1.82) is 0 Å². The Kier molecular flexibility index (Phi) is 6.41. The summed E-state index contributed by atoms with van der Waals surface area (Å²) in [4.78, 5) is 39.5. The average Bonchev–Trinajstić information content (AvgIpc) is 2.87. The number of phenolic OH excluding ortho intramolecular Hbond substituents is 2. The number of nitrogens with two attached hydrogens (primary N) is 1. The van der Waals surface area contributed by atoms with Gasteiger partial charge in [-0.25, -0.2) is 0 Å². The summed E-state index contributed by atoms with van der Waals surface area (Å²) in [7, 11) is 0. The Morgan fingerprint density at radius 3 is 2.47 bits per heavy atom. The van der Waals surface area contributed by atoms with Gasteiger partial charge in [0.25, 0.3) is 0 Å². The minimum absolute atomic E-state index is 0.0497. The van der Waals surface area contributed by atoms with Crippen LogP contribution in [0, 0.1) is 0 Å². The van der Waals surface area contributed by atoms with Crippen LogP contribution >= 0.6 is 0 Å². The predicted octanol–water partition coefficient (Wildman–Crippen LogP) is 0.513. The van der Waals surface area contributed by atoms with Gasteiger partial charge in [-0.2, -0.15) is 0 Å². The first-order valence-corrected chi connectivity index (χ1v) is 12.3. The number of ether oxygens (including phenoxy) is 2. The molecule has 38 heavy (non-hydrogen) atoms. The Balaban J connectivity index is 1.68. The predicted molar refractivity (Wildman–Crippen MR) is 130 cm³/mol. The molecule has 2 aromatic rings. The number of rotatable bonds is 4. The zero-order valence-electron chi connectivity index (χ0n) is 20.8. The molecule has 0 spiro atoms. The third-order valence-electron chi connectivity index (χ3n) is 7.87. The van der Waals surface area contributed by atoms with Crippen molar-refractivity contribution < 1.29 is 49.4 Å². The molecule has 11 heteroatoms. The van der Waals surface area contributed by atoms with Crippen LogP contribution in [0.2, 0.25) is 0 Å². The van der Waals surface area contributed by atoms with Gasteiger partial charge in [-0.15, -0.1) is 0 Å². The fourth-order valence-electron chi connectivity index (χ4n) is 5.72. The number of fused-ring (bicyclic) bond motifs is 3. The topological polar surface area (TPSA) is 197 Å². The Bertz CT molecular complexity index is 1360. The summed E-state index contributed by atoms with van der Waals surface area (Å²) >= 11 is 0. The molecular weight excluding hydrogens is 498 g/mol. The minimum Gasteiger partial charge on any atom is -0.507 e. The number of phenols is 2. The lowest BCUT2D eigenvalue weighted by atomic mass is 9.71. The summed E-state index contributed by atoms with van der Waals surface area (Å²) in [6.07, 6.45) is -4.62. The summed E-state index contributed by atoms with van der Waals surface area (Å²) in [5.41, 5.74) is 2.97. The van der Waals surface area contributed by atoms with Crippen LogP contribution in [0.1, 0.15) is 81.3 Å². The number of hydrogen-bond acceptors (Lipinski definition) is 11. The molecule has 6 atom stereocenters. The van der Waals surface area contributed by atoms with Crippen molar-refractivity contribution in [2.24, 2.45) is 5.73 Å². The van der Waals surface area contributed by atoms with E-state index in [1.807, 2.05) is 0 Å². The number of carbonyl (C=O) groups excluding carboxylic acids is 3. The van der Waals surface area contributed by atoms with E-state index in [-0.39, 0.29) is 40.7 Å². The lowest BCUT2D eigenvalue weighted by Crippen LogP contribution is -2.52. The molecule has 2 aliphatic carbocycles. The van der Waals surface area contributed by atoms with Crippen molar-refractivity contribution in [2.45, 2.75) is 76.0 Å². The van der Waals surface area contributed by atoms with Crippen LogP contribution in [-0.2, 0) is 27.3 Å². The van der Waals surface area contributed by atoms with Gasteiger partial charge in [0.05, 0.1) is 36.0 Å². The standard InChI is InChI=1S/C27H29NO10/c1-10-22(31)15(28)6-17(37-10)38-16-8-27(36,11(2)30)7-14-19(16)26(35)21-20(24(14)33)23(32)13-5-3-4-12(9-29)18(13)25(21)34/h3-5,10,15-17,22,29,31,33,35-36H,6-9,28H2,1-2H3/t10?,15-,16+,17+,22-,27+/m1/s1. The molecule has 7 N–H and O–H groups in total. The van der Waals surface area contributed by atoms with Gasteiger partial charge in [0, 0.05) is 47.6 Å². The number of carbonyl (C=O) groups is 3. The second-order valence-corrected chi connectivity index (χ2v) is 10.2. The summed E-state index contributed by atoms with van der Waals surface area (Å²) in [6, 6.07) is 3.64. The van der Waals surface area contributed by atoms with Crippen LogP contribution in [0.4, 0.5) is 0 Å². The smallest absolute Gasteiger partial charge is 0.198 e. The molecule has 3 aliphatic rings. The van der Waals surface area contributed by atoms with Gasteiger partial charge >= 0.3 is 0 Å². The maximum Gasteiger partial charge on any atom is 0.198 e. The molecule has 11 nitrogen and oxygen atoms in total. The number of aliphatic hydroxyl groups is 3. The van der Waals surface area contributed by atoms with E-state index in [1.165, 1.54) is 25.1 Å². The second-order valence-electron chi connectivity index (χ2n) is 10.2. The molecule has 0 aromatic heterocycles. The first-order valence-electron chi connectivity index (χ1n) is 12.3. The SMILES string of the molecule is CC(=O)[C@]1(O)Cc2c(O)c3c(c(O)c2[C@@H](O[C@H]2C[C@@H](N)[C@H](O)C(C)O2)C1)C(=O)c1c(CO)cccc1C3=O. The van der Waals surface area contributed by atoms with Gasteiger partial charge in [-0.1, -0.05) is 18.2 Å². The maximum atomic E-state index is 13.6. The zero-order valence-corrected chi connectivity index (χ0v) is 20.8. The number of hydrogen-bond donors (Lipinski definition) is 6. The van der Waals surface area contributed by atoms with E-state index in [0.717, 1.165) is 0 Å². The molecule has 1 saturated heterocycles. The summed E-state index contributed by atoms with van der Waals surface area (Å²) in [5.74, 6) is -3.43. The molecule has 0 radical (unpaired) electrons. The number of aromatic hydroxyl groups is 2. The number of ketones is 3. The van der Waals surface area contributed by atoms with E-state index in [4.69, 9.17) is 15.2 Å². The third kappa shape index (κ3) is 3.85. The van der Waals surface area contributed by atoms with Gasteiger partial charge < -0.3 is 40.7 Å². The van der Waals surface area contributed by atoms with Gasteiger partial charge in [0.2, 0.25) is 0 Å². The normalized spacial score (nSPS) is 30.4. The van der Waals surface area contributed by atoms with Crippen molar-refractivity contribution in [3.63, 3.8) is 0 Å².